The van der Waals surface area contributed by atoms with E-state index in [0.717, 1.165) is 23.3 Å². The van der Waals surface area contributed by atoms with Crippen molar-refractivity contribution in [2.24, 2.45) is 0 Å². The second-order valence-electron chi connectivity index (χ2n) is 5.78. The molecule has 0 saturated heterocycles. The number of hydrogen-bond donors (Lipinski definition) is 1. The summed E-state index contributed by atoms with van der Waals surface area (Å²) in [6.07, 6.45) is 3.97. The zero-order valence-corrected chi connectivity index (χ0v) is 15.2. The number of methoxy groups -OCH3 is 1. The van der Waals surface area contributed by atoms with Gasteiger partial charge in [-0.15, -0.1) is 0 Å². The molecule has 3 rings (SSSR count). The highest BCUT2D eigenvalue weighted by atomic mass is 35.5. The predicted molar refractivity (Wildman–Crippen MR) is 101 cm³/mol. The second-order valence-corrected chi connectivity index (χ2v) is 6.19. The number of ether oxygens (including phenoxy) is 3. The molecule has 1 N–H and O–H groups in total. The third kappa shape index (κ3) is 4.70. The van der Waals surface area contributed by atoms with Gasteiger partial charge in [0.15, 0.2) is 11.5 Å². The third-order valence-electron chi connectivity index (χ3n) is 3.85. The van der Waals surface area contributed by atoms with E-state index in [1.165, 1.54) is 6.08 Å². The Bertz CT molecular complexity index is 819. The van der Waals surface area contributed by atoms with Gasteiger partial charge in [-0.3, -0.25) is 4.79 Å². The van der Waals surface area contributed by atoms with Crippen LogP contribution in [-0.2, 0) is 11.3 Å². The summed E-state index contributed by atoms with van der Waals surface area (Å²) >= 11 is 6.25. The normalized spacial score (nSPS) is 13.3. The van der Waals surface area contributed by atoms with Gasteiger partial charge < -0.3 is 19.5 Å². The van der Waals surface area contributed by atoms with Gasteiger partial charge in [0.2, 0.25) is 5.91 Å². The first-order valence-electron chi connectivity index (χ1n) is 8.33. The van der Waals surface area contributed by atoms with Gasteiger partial charge in [-0.05, 0) is 41.5 Å². The molecule has 1 amide bonds. The van der Waals surface area contributed by atoms with Crippen molar-refractivity contribution >= 4 is 23.6 Å². The number of nitrogens with one attached hydrogen (secondary N) is 1. The highest BCUT2D eigenvalue weighted by Gasteiger charge is 2.14. The van der Waals surface area contributed by atoms with Crippen molar-refractivity contribution in [2.45, 2.75) is 13.0 Å². The maximum atomic E-state index is 12.1. The summed E-state index contributed by atoms with van der Waals surface area (Å²) in [6, 6.07) is 11.1. The summed E-state index contributed by atoms with van der Waals surface area (Å²) in [6.45, 7) is 1.58. The Labute approximate surface area is 157 Å². The van der Waals surface area contributed by atoms with Gasteiger partial charge in [0.05, 0.1) is 25.3 Å². The Hall–Kier alpha value is -2.66. The fourth-order valence-corrected chi connectivity index (χ4v) is 2.82. The van der Waals surface area contributed by atoms with Crippen molar-refractivity contribution in [1.82, 2.24) is 5.32 Å². The Morgan fingerprint density at radius 3 is 2.96 bits per heavy atom. The lowest BCUT2D eigenvalue weighted by Gasteiger charge is -2.10. The Kier molecular flexibility index (Phi) is 6.02. The minimum absolute atomic E-state index is 0.198. The standard InChI is InChI=1S/C20H20ClNO4/c1-24-16-5-2-4-15(10-16)13-22-19(23)7-6-14-11-17(21)20-18(12-14)25-8-3-9-26-20/h2,4-7,10-12H,3,8-9,13H2,1H3,(H,22,23)/b7-6+. The lowest BCUT2D eigenvalue weighted by molar-refractivity contribution is -0.116. The largest absolute Gasteiger partial charge is 0.497 e. The van der Waals surface area contributed by atoms with Crippen LogP contribution >= 0.6 is 11.6 Å². The minimum Gasteiger partial charge on any atom is -0.497 e. The lowest BCUT2D eigenvalue weighted by Crippen LogP contribution is -2.20. The van der Waals surface area contributed by atoms with Crippen molar-refractivity contribution in [3.8, 4) is 17.2 Å². The van der Waals surface area contributed by atoms with Crippen molar-refractivity contribution < 1.29 is 19.0 Å². The molecule has 0 aromatic heterocycles. The fraction of sp³-hybridized carbons (Fsp3) is 0.250. The summed E-state index contributed by atoms with van der Waals surface area (Å²) in [7, 11) is 1.61. The van der Waals surface area contributed by atoms with Crippen LogP contribution in [0.5, 0.6) is 17.2 Å². The molecule has 0 saturated carbocycles. The van der Waals surface area contributed by atoms with Crippen molar-refractivity contribution in [1.29, 1.82) is 0 Å². The molecule has 1 aliphatic heterocycles. The Morgan fingerprint density at radius 1 is 1.27 bits per heavy atom. The average Bonchev–Trinajstić information content (AvgIpc) is 2.91. The highest BCUT2D eigenvalue weighted by Crippen LogP contribution is 2.38. The number of halogens is 1. The van der Waals surface area contributed by atoms with E-state index in [9.17, 15) is 4.79 Å². The van der Waals surface area contributed by atoms with Crippen LogP contribution in [0.2, 0.25) is 5.02 Å². The number of benzene rings is 2. The number of hydrogen-bond acceptors (Lipinski definition) is 4. The molecule has 0 aliphatic carbocycles. The van der Waals surface area contributed by atoms with Crippen LogP contribution in [0.1, 0.15) is 17.5 Å². The molecule has 0 radical (unpaired) electrons. The van der Waals surface area contributed by atoms with E-state index in [4.69, 9.17) is 25.8 Å². The van der Waals surface area contributed by atoms with Gasteiger partial charge in [-0.1, -0.05) is 23.7 Å². The van der Waals surface area contributed by atoms with Crippen molar-refractivity contribution in [3.05, 3.63) is 58.6 Å². The second kappa shape index (κ2) is 8.63. The quantitative estimate of drug-likeness (QED) is 0.809. The Morgan fingerprint density at radius 2 is 2.12 bits per heavy atom. The van der Waals surface area contributed by atoms with Crippen LogP contribution in [0, 0.1) is 0 Å². The third-order valence-corrected chi connectivity index (χ3v) is 4.13. The van der Waals surface area contributed by atoms with Gasteiger partial charge in [0.1, 0.15) is 5.75 Å². The minimum atomic E-state index is -0.198. The average molecular weight is 374 g/mol. The zero-order valence-electron chi connectivity index (χ0n) is 14.5. The summed E-state index contributed by atoms with van der Waals surface area (Å²) in [4.78, 5) is 12.1. The van der Waals surface area contributed by atoms with Gasteiger partial charge in [0.25, 0.3) is 0 Å². The SMILES string of the molecule is COc1cccc(CNC(=O)/C=C/c2cc(Cl)c3c(c2)OCCCO3)c1. The summed E-state index contributed by atoms with van der Waals surface area (Å²) in [5.41, 5.74) is 1.74. The van der Waals surface area contributed by atoms with Crippen molar-refractivity contribution in [3.63, 3.8) is 0 Å². The van der Waals surface area contributed by atoms with E-state index in [0.29, 0.717) is 36.3 Å². The topological polar surface area (TPSA) is 56.8 Å². The molecule has 26 heavy (non-hydrogen) atoms. The van der Waals surface area contributed by atoms with Crippen LogP contribution in [-0.4, -0.2) is 26.2 Å². The van der Waals surface area contributed by atoms with Gasteiger partial charge in [0, 0.05) is 19.0 Å². The number of amides is 1. The van der Waals surface area contributed by atoms with E-state index >= 15 is 0 Å². The number of fused-ring (bicyclic) bond motifs is 1. The molecule has 0 bridgehead atoms. The first-order chi connectivity index (χ1) is 12.7. The molecule has 5 nitrogen and oxygen atoms in total. The van der Waals surface area contributed by atoms with Crippen LogP contribution < -0.4 is 19.5 Å². The number of carbonyl (C=O) groups is 1. The molecule has 2 aromatic carbocycles. The summed E-state index contributed by atoms with van der Waals surface area (Å²) < 4.78 is 16.4. The van der Waals surface area contributed by atoms with E-state index in [1.54, 1.807) is 19.3 Å². The summed E-state index contributed by atoms with van der Waals surface area (Å²) in [5, 5.41) is 3.31. The lowest BCUT2D eigenvalue weighted by atomic mass is 10.2. The molecule has 0 spiro atoms. The first kappa shape index (κ1) is 18.1. The van der Waals surface area contributed by atoms with Crippen LogP contribution in [0.3, 0.4) is 0 Å². The van der Waals surface area contributed by atoms with Gasteiger partial charge in [-0.2, -0.15) is 0 Å². The molecule has 136 valence electrons. The molecule has 0 fully saturated rings. The smallest absolute Gasteiger partial charge is 0.244 e. The molecule has 6 heteroatoms. The van der Waals surface area contributed by atoms with Crippen molar-refractivity contribution in [2.75, 3.05) is 20.3 Å². The Balaban J connectivity index is 1.63. The molecule has 0 atom stereocenters. The predicted octanol–water partition coefficient (Wildman–Crippen LogP) is 3.84. The van der Waals surface area contributed by atoms with E-state index in [-0.39, 0.29) is 5.91 Å². The van der Waals surface area contributed by atoms with Crippen LogP contribution in [0.15, 0.2) is 42.5 Å². The maximum Gasteiger partial charge on any atom is 0.244 e. The number of carbonyl (C=O) groups excluding carboxylic acids is 1. The van der Waals surface area contributed by atoms with Crippen LogP contribution in [0.25, 0.3) is 6.08 Å². The highest BCUT2D eigenvalue weighted by molar-refractivity contribution is 6.32. The van der Waals surface area contributed by atoms with Gasteiger partial charge >= 0.3 is 0 Å². The first-order valence-corrected chi connectivity index (χ1v) is 8.71. The fourth-order valence-electron chi connectivity index (χ4n) is 2.55. The van der Waals surface area contributed by atoms with E-state index < -0.39 is 0 Å². The molecule has 0 unspecified atom stereocenters. The molecular formula is C20H20ClNO4. The molecule has 1 heterocycles. The molecule has 2 aromatic rings. The van der Waals surface area contributed by atoms with E-state index in [1.807, 2.05) is 30.3 Å². The molecular weight excluding hydrogens is 354 g/mol. The molecule has 1 aliphatic rings. The number of rotatable bonds is 5. The van der Waals surface area contributed by atoms with Crippen LogP contribution in [0.4, 0.5) is 0 Å². The monoisotopic (exact) mass is 373 g/mol. The van der Waals surface area contributed by atoms with E-state index in [2.05, 4.69) is 5.32 Å². The summed E-state index contributed by atoms with van der Waals surface area (Å²) in [5.74, 6) is 1.72. The maximum absolute atomic E-state index is 12.1. The zero-order chi connectivity index (χ0) is 18.4. The van der Waals surface area contributed by atoms with Gasteiger partial charge in [-0.25, -0.2) is 0 Å².